The van der Waals surface area contributed by atoms with Gasteiger partial charge in [-0.15, -0.1) is 0 Å². The van der Waals surface area contributed by atoms with Crippen LogP contribution in [0.2, 0.25) is 0 Å². The van der Waals surface area contributed by atoms with Crippen molar-refractivity contribution in [3.63, 3.8) is 0 Å². The second-order valence-electron chi connectivity index (χ2n) is 5.95. The van der Waals surface area contributed by atoms with Crippen molar-refractivity contribution in [2.75, 3.05) is 39.5 Å². The molecule has 2 aromatic heterocycles. The Bertz CT molecular complexity index is 822. The van der Waals surface area contributed by atoms with Crippen molar-refractivity contribution in [2.24, 2.45) is 0 Å². The van der Waals surface area contributed by atoms with Crippen molar-refractivity contribution < 1.29 is 9.47 Å². The first kappa shape index (κ1) is 14.5. The third kappa shape index (κ3) is 2.90. The molecule has 3 aromatic rings. The summed E-state index contributed by atoms with van der Waals surface area (Å²) in [7, 11) is 0. The van der Waals surface area contributed by atoms with Gasteiger partial charge in [0, 0.05) is 42.7 Å². The number of nitrogens with one attached hydrogen (secondary N) is 1. The predicted octanol–water partition coefficient (Wildman–Crippen LogP) is 2.74. The average Bonchev–Trinajstić information content (AvgIpc) is 2.95. The van der Waals surface area contributed by atoms with Gasteiger partial charge in [-0.05, 0) is 25.1 Å². The molecule has 1 fully saturated rings. The molecule has 1 aromatic carbocycles. The molecule has 1 saturated heterocycles. The highest BCUT2D eigenvalue weighted by molar-refractivity contribution is 6.08. The summed E-state index contributed by atoms with van der Waals surface area (Å²) in [6.07, 6.45) is 1.86. The lowest BCUT2D eigenvalue weighted by Crippen LogP contribution is -2.38. The van der Waals surface area contributed by atoms with Gasteiger partial charge in [-0.1, -0.05) is 0 Å². The molecule has 1 aliphatic rings. The van der Waals surface area contributed by atoms with Crippen LogP contribution in [0.5, 0.6) is 5.75 Å². The molecule has 5 heteroatoms. The maximum atomic E-state index is 5.92. The van der Waals surface area contributed by atoms with E-state index in [0.717, 1.165) is 55.3 Å². The Hall–Kier alpha value is -2.11. The number of H-pyrrole nitrogens is 1. The third-order valence-corrected chi connectivity index (χ3v) is 4.46. The molecule has 0 spiro atoms. The van der Waals surface area contributed by atoms with Gasteiger partial charge in [0.15, 0.2) is 0 Å². The molecule has 0 aliphatic carbocycles. The van der Waals surface area contributed by atoms with Crippen LogP contribution in [-0.2, 0) is 4.74 Å². The topological polar surface area (TPSA) is 50.4 Å². The van der Waals surface area contributed by atoms with Crippen LogP contribution < -0.4 is 4.74 Å². The number of benzene rings is 1. The molecule has 0 saturated carbocycles. The van der Waals surface area contributed by atoms with Crippen LogP contribution in [0.4, 0.5) is 0 Å². The van der Waals surface area contributed by atoms with E-state index in [1.54, 1.807) is 0 Å². The largest absolute Gasteiger partial charge is 0.492 e. The number of hydrogen-bond donors (Lipinski definition) is 1. The molecule has 1 N–H and O–H groups in total. The van der Waals surface area contributed by atoms with Gasteiger partial charge in [0.05, 0.1) is 29.9 Å². The van der Waals surface area contributed by atoms with Crippen molar-refractivity contribution in [2.45, 2.75) is 6.92 Å². The molecule has 4 rings (SSSR count). The second-order valence-corrected chi connectivity index (χ2v) is 5.95. The number of hydrogen-bond acceptors (Lipinski definition) is 4. The minimum absolute atomic E-state index is 0.701. The van der Waals surface area contributed by atoms with Gasteiger partial charge in [-0.2, -0.15) is 0 Å². The predicted molar refractivity (Wildman–Crippen MR) is 91.1 cm³/mol. The SMILES string of the molecule is Cc1nccc2c1[nH]c1cc(OCCN3CCOCC3)ccc12. The Labute approximate surface area is 135 Å². The smallest absolute Gasteiger partial charge is 0.121 e. The summed E-state index contributed by atoms with van der Waals surface area (Å²) in [5.41, 5.74) is 3.22. The zero-order valence-electron chi connectivity index (χ0n) is 13.3. The van der Waals surface area contributed by atoms with E-state index in [1.165, 1.54) is 10.8 Å². The number of aromatic amines is 1. The van der Waals surface area contributed by atoms with Gasteiger partial charge < -0.3 is 14.5 Å². The van der Waals surface area contributed by atoms with Crippen molar-refractivity contribution in [3.05, 3.63) is 36.2 Å². The molecular weight excluding hydrogens is 290 g/mol. The summed E-state index contributed by atoms with van der Waals surface area (Å²) in [5.74, 6) is 0.905. The lowest BCUT2D eigenvalue weighted by Gasteiger charge is -2.26. The molecule has 0 amide bonds. The number of rotatable bonds is 4. The minimum atomic E-state index is 0.701. The summed E-state index contributed by atoms with van der Waals surface area (Å²) in [5, 5.41) is 2.43. The Balaban J connectivity index is 1.50. The summed E-state index contributed by atoms with van der Waals surface area (Å²) in [6, 6.07) is 8.30. The van der Waals surface area contributed by atoms with Crippen LogP contribution in [0.1, 0.15) is 5.69 Å². The maximum absolute atomic E-state index is 5.92. The van der Waals surface area contributed by atoms with E-state index in [0.29, 0.717) is 6.61 Å². The van der Waals surface area contributed by atoms with E-state index in [-0.39, 0.29) is 0 Å². The molecule has 23 heavy (non-hydrogen) atoms. The summed E-state index contributed by atoms with van der Waals surface area (Å²) >= 11 is 0. The molecule has 0 radical (unpaired) electrons. The highest BCUT2D eigenvalue weighted by atomic mass is 16.5. The Kier molecular flexibility index (Phi) is 3.89. The summed E-state index contributed by atoms with van der Waals surface area (Å²) in [4.78, 5) is 10.2. The van der Waals surface area contributed by atoms with Gasteiger partial charge in [-0.3, -0.25) is 9.88 Å². The normalized spacial score (nSPS) is 16.2. The average molecular weight is 311 g/mol. The van der Waals surface area contributed by atoms with Gasteiger partial charge in [-0.25, -0.2) is 0 Å². The summed E-state index contributed by atoms with van der Waals surface area (Å²) in [6.45, 7) is 7.32. The van der Waals surface area contributed by atoms with E-state index >= 15 is 0 Å². The fourth-order valence-electron chi connectivity index (χ4n) is 3.15. The molecule has 3 heterocycles. The number of ether oxygens (including phenoxy) is 2. The Morgan fingerprint density at radius 2 is 2.09 bits per heavy atom. The first-order chi connectivity index (χ1) is 11.3. The first-order valence-corrected chi connectivity index (χ1v) is 8.11. The monoisotopic (exact) mass is 311 g/mol. The number of aryl methyl sites for hydroxylation is 1. The fraction of sp³-hybridized carbons (Fsp3) is 0.389. The molecule has 0 atom stereocenters. The van der Waals surface area contributed by atoms with Gasteiger partial charge in [0.25, 0.3) is 0 Å². The quantitative estimate of drug-likeness (QED) is 0.805. The molecular formula is C18H21N3O2. The molecule has 1 aliphatic heterocycles. The first-order valence-electron chi connectivity index (χ1n) is 8.11. The van der Waals surface area contributed by atoms with Crippen molar-refractivity contribution >= 4 is 21.8 Å². The Morgan fingerprint density at radius 3 is 2.96 bits per heavy atom. The number of aromatic nitrogens is 2. The van der Waals surface area contributed by atoms with E-state index in [2.05, 4.69) is 33.1 Å². The fourth-order valence-corrected chi connectivity index (χ4v) is 3.15. The van der Waals surface area contributed by atoms with E-state index in [4.69, 9.17) is 9.47 Å². The lowest BCUT2D eigenvalue weighted by atomic mass is 10.1. The van der Waals surface area contributed by atoms with Crippen LogP contribution in [0.15, 0.2) is 30.5 Å². The zero-order chi connectivity index (χ0) is 15.6. The van der Waals surface area contributed by atoms with Crippen LogP contribution in [0.25, 0.3) is 21.8 Å². The van der Waals surface area contributed by atoms with Gasteiger partial charge >= 0.3 is 0 Å². The minimum Gasteiger partial charge on any atom is -0.492 e. The zero-order valence-corrected chi connectivity index (χ0v) is 13.3. The van der Waals surface area contributed by atoms with Crippen molar-refractivity contribution in [1.82, 2.24) is 14.9 Å². The molecule has 5 nitrogen and oxygen atoms in total. The van der Waals surface area contributed by atoms with E-state index < -0.39 is 0 Å². The highest BCUT2D eigenvalue weighted by Crippen LogP contribution is 2.29. The van der Waals surface area contributed by atoms with Crippen molar-refractivity contribution in [3.8, 4) is 5.75 Å². The van der Waals surface area contributed by atoms with E-state index in [1.807, 2.05) is 19.2 Å². The van der Waals surface area contributed by atoms with Gasteiger partial charge in [0.1, 0.15) is 12.4 Å². The number of nitrogens with zero attached hydrogens (tertiary/aromatic N) is 2. The van der Waals surface area contributed by atoms with E-state index in [9.17, 15) is 0 Å². The van der Waals surface area contributed by atoms with Crippen LogP contribution in [-0.4, -0.2) is 54.3 Å². The molecule has 0 bridgehead atoms. The Morgan fingerprint density at radius 1 is 1.22 bits per heavy atom. The summed E-state index contributed by atoms with van der Waals surface area (Å²) < 4.78 is 11.3. The maximum Gasteiger partial charge on any atom is 0.121 e. The molecule has 120 valence electrons. The molecule has 0 unspecified atom stereocenters. The highest BCUT2D eigenvalue weighted by Gasteiger charge is 2.11. The van der Waals surface area contributed by atoms with Crippen LogP contribution in [0.3, 0.4) is 0 Å². The number of morpholine rings is 1. The second kappa shape index (κ2) is 6.18. The number of pyridine rings is 1. The van der Waals surface area contributed by atoms with Crippen molar-refractivity contribution in [1.29, 1.82) is 0 Å². The standard InChI is InChI=1S/C18H21N3O2/c1-13-18-16(4-5-19-13)15-3-2-14(12-17(15)20-18)23-11-8-21-6-9-22-10-7-21/h2-5,12,20H,6-11H2,1H3. The third-order valence-electron chi connectivity index (χ3n) is 4.46. The van der Waals surface area contributed by atoms with Crippen LogP contribution >= 0.6 is 0 Å². The van der Waals surface area contributed by atoms with Crippen LogP contribution in [0, 0.1) is 6.92 Å². The van der Waals surface area contributed by atoms with Gasteiger partial charge in [0.2, 0.25) is 0 Å². The number of fused-ring (bicyclic) bond motifs is 3. The lowest BCUT2D eigenvalue weighted by molar-refractivity contribution is 0.0322.